The number of aliphatic hydroxyl groups excluding tert-OH is 1. The molecule has 0 aliphatic carbocycles. The van der Waals surface area contributed by atoms with Crippen LogP contribution >= 0.6 is 21.4 Å². The van der Waals surface area contributed by atoms with E-state index in [1.807, 2.05) is 148 Å². The van der Waals surface area contributed by atoms with Gasteiger partial charge in [-0.2, -0.15) is 15.3 Å². The quantitative estimate of drug-likeness (QED) is 0.0116. The van der Waals surface area contributed by atoms with Crippen LogP contribution in [-0.2, 0) is 15.8 Å². The Kier molecular flexibility index (Phi) is 42.5. The molecule has 0 bridgehead atoms. The van der Waals surface area contributed by atoms with Gasteiger partial charge in [0.2, 0.25) is 9.23 Å². The van der Waals surface area contributed by atoms with Crippen molar-refractivity contribution in [3.8, 4) is 17.1 Å². The van der Waals surface area contributed by atoms with E-state index in [1.165, 1.54) is 22.2 Å². The largest absolute Gasteiger partial charge is 1.00 e. The van der Waals surface area contributed by atoms with Gasteiger partial charge in [-0.05, 0) is 199 Å². The molecule has 3 aromatic heterocycles. The molecule has 14 N–H and O–H groups in total. The van der Waals surface area contributed by atoms with Gasteiger partial charge in [-0.15, -0.1) is 0 Å². The van der Waals surface area contributed by atoms with E-state index in [1.54, 1.807) is 88.2 Å². The number of carbonyl (C=O) groups is 3. The molecular formula is C95H114BCl2N17NaO5S. The molecule has 0 saturated carbocycles. The second kappa shape index (κ2) is 50.8. The number of aryl methyl sites for hydroxylation is 3. The predicted octanol–water partition coefficient (Wildman–Crippen LogP) is 16.2. The SMILES string of the molecule is CC(C)(C)CN.Cc1cc(C(=O)Nc2cccc(C(NCC(C)(C)C)c3ccccc3)c2)n(-c2cccc(CN)c2)n1.NCCCCCN.O=S(Cl)Cl.[B].[C-]#[N+]c1cccc(-n2nc(C)cc2C(=O)Nc2cccc(C(NCC(C)(C)C)c3ccccc3)c2)c1.[C-]#[N+]c1cccc(-n2nc(C)cc2C(=O)Nc2cccc(C(O)c3ccccc3)c2)c1.[H-].[Na+]. The first kappa shape index (κ1) is 102. The molecule has 0 aliphatic heterocycles. The molecule has 12 aromatic rings. The summed E-state index contributed by atoms with van der Waals surface area (Å²) in [5, 5.41) is 40.5. The molecule has 0 aliphatic rings. The van der Waals surface area contributed by atoms with Crippen molar-refractivity contribution in [1.29, 1.82) is 0 Å². The van der Waals surface area contributed by atoms with Crippen molar-refractivity contribution in [3.63, 3.8) is 0 Å². The Balaban J connectivity index is 0.000000349. The summed E-state index contributed by atoms with van der Waals surface area (Å²) in [4.78, 5) is 46.7. The number of aromatic nitrogens is 6. The van der Waals surface area contributed by atoms with Gasteiger partial charge < -0.3 is 56.1 Å². The minimum atomic E-state index is -1.67. The molecule has 633 valence electrons. The fourth-order valence-corrected chi connectivity index (χ4v) is 12.0. The number of nitrogens with one attached hydrogen (secondary N) is 5. The summed E-state index contributed by atoms with van der Waals surface area (Å²) in [6.45, 7) is 44.1. The summed E-state index contributed by atoms with van der Waals surface area (Å²) in [7, 11) is 7.36. The van der Waals surface area contributed by atoms with Gasteiger partial charge in [0.15, 0.2) is 11.4 Å². The van der Waals surface area contributed by atoms with Crippen LogP contribution in [0.2, 0.25) is 0 Å². The Morgan fingerprint density at radius 1 is 0.434 bits per heavy atom. The first-order valence-electron chi connectivity index (χ1n) is 39.6. The molecule has 27 heteroatoms. The Labute approximate surface area is 756 Å². The average Bonchev–Trinajstić information content (AvgIpc) is 1.77. The summed E-state index contributed by atoms with van der Waals surface area (Å²) >= 11 is 0. The summed E-state index contributed by atoms with van der Waals surface area (Å²) in [5.74, 6) is -0.815. The van der Waals surface area contributed by atoms with Gasteiger partial charge in [-0.3, -0.25) is 14.4 Å². The monoisotopic (exact) mass is 1710 g/mol. The minimum Gasteiger partial charge on any atom is -1.00 e. The molecule has 3 atom stereocenters. The number of hydrogen-bond donors (Lipinski definition) is 10. The minimum absolute atomic E-state index is 0. The molecule has 0 saturated heterocycles. The molecule has 3 amide bonds. The first-order chi connectivity index (χ1) is 57.2. The average molecular weight is 1710 g/mol. The van der Waals surface area contributed by atoms with E-state index in [-0.39, 0.29) is 80.0 Å². The summed E-state index contributed by atoms with van der Waals surface area (Å²) in [6.07, 6.45) is 2.64. The maximum atomic E-state index is 13.4. The van der Waals surface area contributed by atoms with Crippen molar-refractivity contribution in [1.82, 2.24) is 40.0 Å². The molecule has 9 aromatic carbocycles. The smallest absolute Gasteiger partial charge is 1.00 e. The van der Waals surface area contributed by atoms with E-state index in [2.05, 4.69) is 184 Å². The summed E-state index contributed by atoms with van der Waals surface area (Å²) in [6, 6.07) is 80.2. The van der Waals surface area contributed by atoms with Gasteiger partial charge >= 0.3 is 29.6 Å². The summed E-state index contributed by atoms with van der Waals surface area (Å²) < 4.78 is 13.9. The van der Waals surface area contributed by atoms with Crippen molar-refractivity contribution in [3.05, 3.63) is 351 Å². The van der Waals surface area contributed by atoms with Crippen LogP contribution in [0.4, 0.5) is 28.4 Å². The number of anilines is 3. The van der Waals surface area contributed by atoms with Gasteiger partial charge in [0.05, 0.1) is 59.4 Å². The maximum Gasteiger partial charge on any atom is 1.00 e. The predicted molar refractivity (Wildman–Crippen MR) is 498 cm³/mol. The van der Waals surface area contributed by atoms with Crippen LogP contribution in [-0.4, -0.2) is 97.5 Å². The van der Waals surface area contributed by atoms with Crippen LogP contribution in [0.3, 0.4) is 0 Å². The van der Waals surface area contributed by atoms with E-state index in [0.29, 0.717) is 74.4 Å². The Morgan fingerprint density at radius 3 is 1.06 bits per heavy atom. The van der Waals surface area contributed by atoms with Crippen molar-refractivity contribution in [2.45, 2.75) is 127 Å². The van der Waals surface area contributed by atoms with Crippen LogP contribution in [0.1, 0.15) is 189 Å². The van der Waals surface area contributed by atoms with Crippen LogP contribution in [0.25, 0.3) is 26.8 Å². The number of nitrogens with two attached hydrogens (primary N) is 4. The molecule has 22 nitrogen and oxygen atoms in total. The number of carbonyl (C=O) groups excluding carboxylic acids is 3. The van der Waals surface area contributed by atoms with Gasteiger partial charge in [-0.1, -0.05) is 233 Å². The zero-order valence-corrected chi connectivity index (χ0v) is 76.4. The van der Waals surface area contributed by atoms with Crippen LogP contribution < -0.4 is 79.1 Å². The number of aliphatic hydroxyl groups is 1. The van der Waals surface area contributed by atoms with Crippen molar-refractivity contribution in [2.75, 3.05) is 48.7 Å². The third-order valence-corrected chi connectivity index (χ3v) is 18.0. The topological polar surface area (TPSA) is 315 Å². The normalized spacial score (nSPS) is 11.6. The molecule has 3 radical (unpaired) electrons. The third kappa shape index (κ3) is 34.1. The van der Waals surface area contributed by atoms with E-state index < -0.39 is 15.3 Å². The Morgan fingerprint density at radius 2 is 0.738 bits per heavy atom. The summed E-state index contributed by atoms with van der Waals surface area (Å²) in [5.41, 5.74) is 37.6. The van der Waals surface area contributed by atoms with Gasteiger partial charge in [0, 0.05) is 66.5 Å². The van der Waals surface area contributed by atoms with Crippen molar-refractivity contribution < 1.29 is 54.7 Å². The Bertz CT molecular complexity index is 5370. The molecule has 0 spiro atoms. The zero-order valence-electron chi connectivity index (χ0n) is 73.1. The second-order valence-corrected chi connectivity index (χ2v) is 34.6. The van der Waals surface area contributed by atoms with Crippen molar-refractivity contribution >= 4 is 85.2 Å². The number of halogens is 2. The van der Waals surface area contributed by atoms with Crippen LogP contribution in [0.15, 0.2) is 255 Å². The zero-order chi connectivity index (χ0) is 87.5. The number of benzene rings is 9. The molecule has 3 heterocycles. The first-order valence-corrected chi connectivity index (χ1v) is 42.4. The molecule has 12 rings (SSSR count). The van der Waals surface area contributed by atoms with E-state index in [9.17, 15) is 19.5 Å². The van der Waals surface area contributed by atoms with Gasteiger partial charge in [-0.25, -0.2) is 27.9 Å². The van der Waals surface area contributed by atoms with Crippen molar-refractivity contribution in [2.24, 2.45) is 39.2 Å². The number of unbranched alkanes of at least 4 members (excludes halogenated alkanes) is 2. The van der Waals surface area contributed by atoms with Crippen LogP contribution in [0.5, 0.6) is 0 Å². The molecular weight excluding hydrogens is 1600 g/mol. The fourth-order valence-electron chi connectivity index (χ4n) is 12.0. The van der Waals surface area contributed by atoms with E-state index in [4.69, 9.17) is 40.3 Å². The van der Waals surface area contributed by atoms with Gasteiger partial charge in [0.1, 0.15) is 23.2 Å². The standard InChI is InChI=1S/C30H31N5O.C30H35N5O.C25H20N4O2.C5H14N2.C5H13N.B.Cl2OS.Na.H/c1-21-17-27(35(34-21)26-16-10-14-24(19-26)31-5)29(36)33-25-15-9-13-23(18-25)28(32-20-30(2,3)4)22-11-7-6-8-12-22;1-21-16-27(35(34-21)26-15-8-10-22(17-26)19-31)29(36)33-25-14-9-13-24(18-25)28(32-20-30(2,3)4)23-11-6-5-7-12-23;1-17-14-23(29(28-17)22-13-7-11-20(16-22)26-2)25(31)27-21-12-6-10-19(15-21)24(30)18-8-4-3-5-9-18;6-4-2-1-3-5-7;1-5(2,3)4-6;;1-4(2)3;;/h6-19,28,32H,20H2,1-4H3,(H,33,36);5-18,28,32H,19-20,31H2,1-4H3,(H,33,36);3-16,24,30H,1H3,(H,27,31);1-7H2;4,6H2,1-3H3;;;;/q;;;;;;;+1;-1. The Hall–Kier alpha value is -10.5. The maximum absolute atomic E-state index is 13.4. The van der Waals surface area contributed by atoms with Crippen LogP contribution in [0, 0.1) is 50.2 Å². The number of amides is 3. The number of rotatable bonds is 24. The number of nitrogens with zero attached hydrogens (tertiary/aromatic N) is 8. The second-order valence-electron chi connectivity index (χ2n) is 32.1. The molecule has 3 unspecified atom stereocenters. The van der Waals surface area contributed by atoms with E-state index >= 15 is 0 Å². The fraction of sp³-hybridized carbons (Fsp3) is 0.284. The molecule has 0 fully saturated rings. The molecule has 122 heavy (non-hydrogen) atoms. The third-order valence-electron chi connectivity index (χ3n) is 18.0. The van der Waals surface area contributed by atoms with E-state index in [0.717, 1.165) is 90.6 Å². The number of hydrogen-bond acceptors (Lipinski definition) is 14. The van der Waals surface area contributed by atoms with Gasteiger partial charge in [0.25, 0.3) is 17.7 Å².